The predicted molar refractivity (Wildman–Crippen MR) is 63.4 cm³/mol. The highest BCUT2D eigenvalue weighted by Crippen LogP contribution is 1.86. The summed E-state index contributed by atoms with van der Waals surface area (Å²) in [5, 5.41) is 10.5. The van der Waals surface area contributed by atoms with E-state index in [1.807, 2.05) is 13.8 Å². The van der Waals surface area contributed by atoms with Gasteiger partial charge in [0.25, 0.3) is 0 Å². The van der Waals surface area contributed by atoms with E-state index in [9.17, 15) is 13.2 Å². The third-order valence-electron chi connectivity index (χ3n) is 2.15. The summed E-state index contributed by atoms with van der Waals surface area (Å²) in [4.78, 5) is 11.2. The maximum Gasteiger partial charge on any atom is 0.233 e. The van der Waals surface area contributed by atoms with Gasteiger partial charge in [-0.15, -0.1) is 0 Å². The summed E-state index contributed by atoms with van der Waals surface area (Å²) in [5.41, 5.74) is 0. The lowest BCUT2D eigenvalue weighted by Crippen LogP contribution is -2.38. The van der Waals surface area contributed by atoms with E-state index in [0.29, 0.717) is 19.0 Å². The number of carbonyl (C=O) groups excluding carboxylic acids is 1. The predicted octanol–water partition coefficient (Wildman–Crippen LogP) is -0.831. The van der Waals surface area contributed by atoms with Crippen molar-refractivity contribution >= 4 is 15.9 Å². The van der Waals surface area contributed by atoms with Crippen LogP contribution in [0.4, 0.5) is 0 Å². The Morgan fingerprint density at radius 2 is 2.06 bits per heavy atom. The molecule has 6 nitrogen and oxygen atoms in total. The number of carbonyl (C=O) groups is 1. The van der Waals surface area contributed by atoms with Crippen molar-refractivity contribution in [1.82, 2.24) is 10.6 Å². The third kappa shape index (κ3) is 9.88. The van der Waals surface area contributed by atoms with E-state index in [1.165, 1.54) is 0 Å². The number of primary sulfonamides is 1. The lowest BCUT2D eigenvalue weighted by molar-refractivity contribution is -0.120. The molecule has 0 fully saturated rings. The van der Waals surface area contributed by atoms with Gasteiger partial charge in [0.2, 0.25) is 15.9 Å². The summed E-state index contributed by atoms with van der Waals surface area (Å²) in [6.45, 7) is 4.61. The Morgan fingerprint density at radius 1 is 1.44 bits per heavy atom. The van der Waals surface area contributed by atoms with Crippen LogP contribution in [-0.4, -0.2) is 39.2 Å². The first-order chi connectivity index (χ1) is 7.35. The van der Waals surface area contributed by atoms with Crippen molar-refractivity contribution in [2.24, 2.45) is 5.14 Å². The molecular formula is C9H21N3O3S. The molecule has 0 radical (unpaired) electrons. The van der Waals surface area contributed by atoms with Crippen LogP contribution in [0, 0.1) is 0 Å². The fourth-order valence-corrected chi connectivity index (χ4v) is 1.52. The van der Waals surface area contributed by atoms with Crippen LogP contribution in [0.3, 0.4) is 0 Å². The molecule has 0 aliphatic rings. The van der Waals surface area contributed by atoms with Gasteiger partial charge in [-0.3, -0.25) is 4.79 Å². The first-order valence-electron chi connectivity index (χ1n) is 5.35. The summed E-state index contributed by atoms with van der Waals surface area (Å²) in [7, 11) is -3.42. The number of sulfonamides is 1. The van der Waals surface area contributed by atoms with E-state index in [4.69, 9.17) is 5.14 Å². The van der Waals surface area contributed by atoms with Gasteiger partial charge in [-0.05, 0) is 19.8 Å². The molecule has 0 aromatic rings. The lowest BCUT2D eigenvalue weighted by atomic mass is 10.2. The molecule has 0 aliphatic carbocycles. The first-order valence-corrected chi connectivity index (χ1v) is 7.07. The number of nitrogens with two attached hydrogens (primary N) is 1. The van der Waals surface area contributed by atoms with Crippen LogP contribution in [0.1, 0.15) is 26.7 Å². The number of hydrogen-bond donors (Lipinski definition) is 3. The van der Waals surface area contributed by atoms with E-state index < -0.39 is 10.0 Å². The van der Waals surface area contributed by atoms with Crippen molar-refractivity contribution in [3.63, 3.8) is 0 Å². The van der Waals surface area contributed by atoms with Gasteiger partial charge < -0.3 is 10.6 Å². The van der Waals surface area contributed by atoms with E-state index in [-0.39, 0.29) is 18.2 Å². The maximum atomic E-state index is 11.2. The van der Waals surface area contributed by atoms with Crippen LogP contribution in [0.25, 0.3) is 0 Å². The first kappa shape index (κ1) is 15.3. The molecule has 1 amide bonds. The summed E-state index contributed by atoms with van der Waals surface area (Å²) in [5.74, 6) is -0.235. The molecule has 0 spiro atoms. The van der Waals surface area contributed by atoms with E-state index in [1.54, 1.807) is 0 Å². The van der Waals surface area contributed by atoms with Crippen molar-refractivity contribution in [2.45, 2.75) is 32.7 Å². The fraction of sp³-hybridized carbons (Fsp3) is 0.889. The van der Waals surface area contributed by atoms with Crippen molar-refractivity contribution in [3.8, 4) is 0 Å². The minimum atomic E-state index is -3.42. The average Bonchev–Trinajstić information content (AvgIpc) is 2.19. The third-order valence-corrected chi connectivity index (χ3v) is 3.01. The molecule has 16 heavy (non-hydrogen) atoms. The number of nitrogens with one attached hydrogen (secondary N) is 2. The lowest BCUT2D eigenvalue weighted by Gasteiger charge is -2.10. The summed E-state index contributed by atoms with van der Waals surface area (Å²) >= 11 is 0. The highest BCUT2D eigenvalue weighted by molar-refractivity contribution is 7.89. The second kappa shape index (κ2) is 7.59. The molecule has 0 aromatic heterocycles. The molecule has 0 saturated carbocycles. The zero-order chi connectivity index (χ0) is 12.6. The quantitative estimate of drug-likeness (QED) is 0.490. The zero-order valence-corrected chi connectivity index (χ0v) is 10.6. The average molecular weight is 251 g/mol. The van der Waals surface area contributed by atoms with Gasteiger partial charge in [0.15, 0.2) is 0 Å². The topological polar surface area (TPSA) is 101 Å². The van der Waals surface area contributed by atoms with E-state index in [2.05, 4.69) is 10.6 Å². The normalized spacial score (nSPS) is 13.4. The summed E-state index contributed by atoms with van der Waals surface area (Å²) < 4.78 is 21.2. The number of rotatable bonds is 8. The molecule has 0 aliphatic heterocycles. The Labute approximate surface area is 97.0 Å². The fourth-order valence-electron chi connectivity index (χ4n) is 0.975. The molecule has 0 heterocycles. The Kier molecular flexibility index (Phi) is 7.27. The Morgan fingerprint density at radius 3 is 2.56 bits per heavy atom. The molecule has 0 aromatic carbocycles. The maximum absolute atomic E-state index is 11.2. The van der Waals surface area contributed by atoms with Crippen LogP contribution < -0.4 is 15.8 Å². The van der Waals surface area contributed by atoms with E-state index >= 15 is 0 Å². The van der Waals surface area contributed by atoms with Crippen molar-refractivity contribution in [2.75, 3.05) is 18.8 Å². The summed E-state index contributed by atoms with van der Waals surface area (Å²) in [6.07, 6.45) is 1.30. The van der Waals surface area contributed by atoms with Gasteiger partial charge in [-0.2, -0.15) is 0 Å². The van der Waals surface area contributed by atoms with E-state index in [0.717, 1.165) is 6.42 Å². The standard InChI is InChI=1S/C9H21N3O3S/c1-3-8(2)12-7-9(13)11-5-4-6-16(10,14)15/h8,12H,3-7H2,1-2H3,(H,11,13)(H2,10,14,15). The molecule has 96 valence electrons. The largest absolute Gasteiger partial charge is 0.355 e. The second-order valence-corrected chi connectivity index (χ2v) is 5.49. The number of amides is 1. The van der Waals surface area contributed by atoms with Crippen molar-refractivity contribution < 1.29 is 13.2 Å². The summed E-state index contributed by atoms with van der Waals surface area (Å²) in [6, 6.07) is 0.301. The van der Waals surface area contributed by atoms with Crippen LogP contribution in [-0.2, 0) is 14.8 Å². The molecule has 1 atom stereocenters. The zero-order valence-electron chi connectivity index (χ0n) is 9.82. The molecule has 1 unspecified atom stereocenters. The molecule has 0 bridgehead atoms. The molecular weight excluding hydrogens is 230 g/mol. The SMILES string of the molecule is CCC(C)NCC(=O)NCCCS(N)(=O)=O. The van der Waals surface area contributed by atoms with Gasteiger partial charge in [-0.25, -0.2) is 13.6 Å². The number of hydrogen-bond acceptors (Lipinski definition) is 4. The van der Waals surface area contributed by atoms with Crippen LogP contribution in [0.2, 0.25) is 0 Å². The Hall–Kier alpha value is -0.660. The van der Waals surface area contributed by atoms with Crippen molar-refractivity contribution in [1.29, 1.82) is 0 Å². The Balaban J connectivity index is 3.52. The van der Waals surface area contributed by atoms with Gasteiger partial charge >= 0.3 is 0 Å². The van der Waals surface area contributed by atoms with Crippen LogP contribution in [0.15, 0.2) is 0 Å². The van der Waals surface area contributed by atoms with Gasteiger partial charge in [-0.1, -0.05) is 6.92 Å². The van der Waals surface area contributed by atoms with Crippen molar-refractivity contribution in [3.05, 3.63) is 0 Å². The van der Waals surface area contributed by atoms with Gasteiger partial charge in [0.05, 0.1) is 12.3 Å². The molecule has 0 rings (SSSR count). The monoisotopic (exact) mass is 251 g/mol. The smallest absolute Gasteiger partial charge is 0.233 e. The highest BCUT2D eigenvalue weighted by Gasteiger charge is 2.05. The molecule has 0 saturated heterocycles. The minimum absolute atomic E-state index is 0.105. The molecule has 7 heteroatoms. The second-order valence-electron chi connectivity index (χ2n) is 3.76. The minimum Gasteiger partial charge on any atom is -0.355 e. The Bertz CT molecular complexity index is 303. The highest BCUT2D eigenvalue weighted by atomic mass is 32.2. The van der Waals surface area contributed by atoms with Gasteiger partial charge in [0, 0.05) is 12.6 Å². The molecule has 4 N–H and O–H groups in total. The van der Waals surface area contributed by atoms with Crippen LogP contribution in [0.5, 0.6) is 0 Å². The van der Waals surface area contributed by atoms with Crippen LogP contribution >= 0.6 is 0 Å². The van der Waals surface area contributed by atoms with Gasteiger partial charge in [0.1, 0.15) is 0 Å².